The summed E-state index contributed by atoms with van der Waals surface area (Å²) in [5, 5.41) is 0. The minimum Gasteiger partial charge on any atom is -0.393 e. The minimum atomic E-state index is 0.680. The van der Waals surface area contributed by atoms with Gasteiger partial charge in [0.05, 0.1) is 4.99 Å². The van der Waals surface area contributed by atoms with Crippen molar-refractivity contribution in [2.45, 2.75) is 70.4 Å². The van der Waals surface area contributed by atoms with Crippen molar-refractivity contribution in [1.29, 1.82) is 0 Å². The molecule has 0 saturated heterocycles. The molecule has 0 aromatic carbocycles. The van der Waals surface area contributed by atoms with Crippen LogP contribution in [0.1, 0.15) is 58.3 Å². The van der Waals surface area contributed by atoms with Gasteiger partial charge in [0, 0.05) is 25.0 Å². The largest absolute Gasteiger partial charge is 0.393 e. The number of hydrogen-bond acceptors (Lipinski definition) is 2. The van der Waals surface area contributed by atoms with Crippen LogP contribution in [0, 0.1) is 5.92 Å². The van der Waals surface area contributed by atoms with Gasteiger partial charge in [0.1, 0.15) is 0 Å². The van der Waals surface area contributed by atoms with E-state index >= 15 is 0 Å². The summed E-state index contributed by atoms with van der Waals surface area (Å²) in [6, 6.07) is 1.66. The Hall–Kier alpha value is -0.150. The van der Waals surface area contributed by atoms with Crippen molar-refractivity contribution >= 4 is 17.2 Å². The molecule has 2 aliphatic carbocycles. The Bertz CT molecular complexity index is 263. The molecule has 2 N–H and O–H groups in total. The van der Waals surface area contributed by atoms with E-state index < -0.39 is 0 Å². The van der Waals surface area contributed by atoms with Gasteiger partial charge in [-0.2, -0.15) is 0 Å². The third-order valence-corrected chi connectivity index (χ3v) is 4.66. The molecule has 2 aliphatic rings. The molecule has 3 heteroatoms. The lowest BCUT2D eigenvalue weighted by molar-refractivity contribution is 0.0962. The van der Waals surface area contributed by atoms with Crippen LogP contribution >= 0.6 is 12.2 Å². The molecule has 2 rings (SSSR count). The molecule has 0 heterocycles. The van der Waals surface area contributed by atoms with Crippen LogP contribution in [0.3, 0.4) is 0 Å². The lowest BCUT2D eigenvalue weighted by Gasteiger charge is -2.40. The first-order valence-corrected chi connectivity index (χ1v) is 7.67. The fourth-order valence-corrected chi connectivity index (χ4v) is 3.46. The Balaban J connectivity index is 1.95. The number of thiocarbonyl (C=S) groups is 1. The monoisotopic (exact) mass is 254 g/mol. The topological polar surface area (TPSA) is 29.3 Å². The molecule has 0 spiro atoms. The van der Waals surface area contributed by atoms with E-state index in [9.17, 15) is 0 Å². The molecular formula is C14H26N2S. The Kier molecular flexibility index (Phi) is 4.80. The quantitative estimate of drug-likeness (QED) is 0.739. The van der Waals surface area contributed by atoms with Gasteiger partial charge in [0.15, 0.2) is 0 Å². The number of rotatable bonds is 6. The second kappa shape index (κ2) is 6.14. The first kappa shape index (κ1) is 13.3. The molecule has 17 heavy (non-hydrogen) atoms. The number of nitrogens with zero attached hydrogens (tertiary/aromatic N) is 1. The van der Waals surface area contributed by atoms with Gasteiger partial charge < -0.3 is 5.73 Å². The van der Waals surface area contributed by atoms with E-state index in [-0.39, 0.29) is 0 Å². The summed E-state index contributed by atoms with van der Waals surface area (Å²) in [6.45, 7) is 3.45. The highest BCUT2D eigenvalue weighted by atomic mass is 32.1. The zero-order valence-electron chi connectivity index (χ0n) is 11.0. The molecule has 0 bridgehead atoms. The summed E-state index contributed by atoms with van der Waals surface area (Å²) in [6.07, 6.45) is 10.7. The van der Waals surface area contributed by atoms with E-state index in [0.717, 1.165) is 31.0 Å². The predicted molar refractivity (Wildman–Crippen MR) is 77.2 cm³/mol. The van der Waals surface area contributed by atoms with Gasteiger partial charge in [-0.15, -0.1) is 0 Å². The average molecular weight is 254 g/mol. The molecule has 2 saturated carbocycles. The molecular weight excluding hydrogens is 228 g/mol. The highest BCUT2D eigenvalue weighted by Crippen LogP contribution is 2.37. The third-order valence-electron chi connectivity index (χ3n) is 4.45. The van der Waals surface area contributed by atoms with Crippen molar-refractivity contribution < 1.29 is 0 Å². The van der Waals surface area contributed by atoms with Gasteiger partial charge in [-0.3, -0.25) is 4.90 Å². The minimum absolute atomic E-state index is 0.680. The maximum absolute atomic E-state index is 5.66. The molecule has 2 atom stereocenters. The van der Waals surface area contributed by atoms with E-state index in [1.807, 2.05) is 0 Å². The summed E-state index contributed by atoms with van der Waals surface area (Å²) in [7, 11) is 0. The Morgan fingerprint density at radius 2 is 1.94 bits per heavy atom. The van der Waals surface area contributed by atoms with Crippen molar-refractivity contribution in [2.75, 3.05) is 6.54 Å². The van der Waals surface area contributed by atoms with Crippen molar-refractivity contribution in [3.63, 3.8) is 0 Å². The van der Waals surface area contributed by atoms with Gasteiger partial charge in [-0.1, -0.05) is 38.4 Å². The van der Waals surface area contributed by atoms with Crippen LogP contribution in [0.2, 0.25) is 0 Å². The molecule has 2 unspecified atom stereocenters. The van der Waals surface area contributed by atoms with Crippen LogP contribution in [0.25, 0.3) is 0 Å². The van der Waals surface area contributed by atoms with E-state index in [1.54, 1.807) is 0 Å². The lowest BCUT2D eigenvalue weighted by atomic mass is 9.81. The molecule has 0 aromatic rings. The van der Waals surface area contributed by atoms with Crippen LogP contribution < -0.4 is 5.73 Å². The zero-order chi connectivity index (χ0) is 12.3. The predicted octanol–water partition coefficient (Wildman–Crippen LogP) is 3.10. The normalized spacial score (nSPS) is 29.5. The number of nitrogens with two attached hydrogens (primary N) is 1. The fraction of sp³-hybridized carbons (Fsp3) is 0.929. The van der Waals surface area contributed by atoms with Crippen LogP contribution in [0.5, 0.6) is 0 Å². The highest BCUT2D eigenvalue weighted by molar-refractivity contribution is 7.80. The molecule has 2 nitrogen and oxygen atoms in total. The Labute approximate surface area is 111 Å². The summed E-state index contributed by atoms with van der Waals surface area (Å²) in [4.78, 5) is 3.42. The van der Waals surface area contributed by atoms with Crippen molar-refractivity contribution in [3.05, 3.63) is 0 Å². The van der Waals surface area contributed by atoms with Gasteiger partial charge in [-0.05, 0) is 31.6 Å². The zero-order valence-corrected chi connectivity index (χ0v) is 11.8. The lowest BCUT2D eigenvalue weighted by Crippen LogP contribution is -2.44. The summed E-state index contributed by atoms with van der Waals surface area (Å²) in [5.74, 6) is 0.913. The van der Waals surface area contributed by atoms with Gasteiger partial charge in [0.25, 0.3) is 0 Å². The van der Waals surface area contributed by atoms with Crippen molar-refractivity contribution in [1.82, 2.24) is 4.90 Å². The van der Waals surface area contributed by atoms with Crippen molar-refractivity contribution in [3.8, 4) is 0 Å². The smallest absolute Gasteiger partial charge is 0.0740 e. The molecule has 0 aliphatic heterocycles. The van der Waals surface area contributed by atoms with Crippen LogP contribution in [0.15, 0.2) is 0 Å². The average Bonchev–Trinajstić information content (AvgIpc) is 3.14. The van der Waals surface area contributed by atoms with E-state index in [2.05, 4.69) is 11.8 Å². The maximum Gasteiger partial charge on any atom is 0.0740 e. The third kappa shape index (κ3) is 3.65. The maximum atomic E-state index is 5.66. The van der Waals surface area contributed by atoms with E-state index in [1.165, 1.54) is 44.9 Å². The number of hydrogen-bond donors (Lipinski definition) is 1. The summed E-state index contributed by atoms with van der Waals surface area (Å²) in [5.41, 5.74) is 5.66. The molecule has 0 aromatic heterocycles. The Morgan fingerprint density at radius 1 is 1.24 bits per heavy atom. The van der Waals surface area contributed by atoms with Crippen LogP contribution in [-0.4, -0.2) is 28.5 Å². The first-order chi connectivity index (χ1) is 8.22. The summed E-state index contributed by atoms with van der Waals surface area (Å²) < 4.78 is 0. The molecule has 2 fully saturated rings. The highest BCUT2D eigenvalue weighted by Gasteiger charge is 2.37. The Morgan fingerprint density at radius 3 is 2.53 bits per heavy atom. The molecule has 0 radical (unpaired) electrons. The van der Waals surface area contributed by atoms with Crippen LogP contribution in [0.4, 0.5) is 0 Å². The van der Waals surface area contributed by atoms with Gasteiger partial charge in [-0.25, -0.2) is 0 Å². The van der Waals surface area contributed by atoms with Gasteiger partial charge >= 0.3 is 0 Å². The van der Waals surface area contributed by atoms with E-state index in [0.29, 0.717) is 4.99 Å². The van der Waals surface area contributed by atoms with Gasteiger partial charge in [0.2, 0.25) is 0 Å². The fourth-order valence-electron chi connectivity index (χ4n) is 3.37. The van der Waals surface area contributed by atoms with E-state index in [4.69, 9.17) is 18.0 Å². The van der Waals surface area contributed by atoms with Crippen LogP contribution in [-0.2, 0) is 0 Å². The molecule has 98 valence electrons. The summed E-state index contributed by atoms with van der Waals surface area (Å²) >= 11 is 5.03. The SMILES string of the molecule is CCC1CCCCC1N(CCC(N)=S)C1CC1. The first-order valence-electron chi connectivity index (χ1n) is 7.26. The standard InChI is InChI=1S/C14H26N2S/c1-2-11-5-3-4-6-13(11)16(12-7-8-12)10-9-14(15)17/h11-13H,2-10H2,1H3,(H2,15,17). The van der Waals surface area contributed by atoms with Crippen molar-refractivity contribution in [2.24, 2.45) is 11.7 Å². The molecule has 0 amide bonds. The second-order valence-electron chi connectivity index (χ2n) is 5.71. The second-order valence-corrected chi connectivity index (χ2v) is 6.23.